The predicted octanol–water partition coefficient (Wildman–Crippen LogP) is 2.12. The Bertz CT molecular complexity index is 445. The lowest BCUT2D eigenvalue weighted by Gasteiger charge is -2.21. The summed E-state index contributed by atoms with van der Waals surface area (Å²) in [7, 11) is 0. The van der Waals surface area contributed by atoms with Gasteiger partial charge in [0.2, 0.25) is 5.91 Å². The Hall–Kier alpha value is -1.26. The van der Waals surface area contributed by atoms with Crippen molar-refractivity contribution >= 4 is 18.3 Å². The quantitative estimate of drug-likeness (QED) is 0.875. The Morgan fingerprint density at radius 2 is 2.30 bits per heavy atom. The molecule has 1 atom stereocenters. The number of benzene rings is 1. The smallest absolute Gasteiger partial charge is 0.227 e. The lowest BCUT2D eigenvalue weighted by molar-refractivity contribution is -0.129. The lowest BCUT2D eigenvalue weighted by atomic mass is 9.89. The topological polar surface area (TPSA) is 50.4 Å². The highest BCUT2D eigenvalue weighted by atomic mass is 35.5. The molecule has 0 bridgehead atoms. The Morgan fingerprint density at radius 1 is 1.50 bits per heavy atom. The van der Waals surface area contributed by atoms with Gasteiger partial charge in [-0.15, -0.1) is 12.4 Å². The van der Waals surface area contributed by atoms with Crippen LogP contribution in [0.1, 0.15) is 25.8 Å². The summed E-state index contributed by atoms with van der Waals surface area (Å²) >= 11 is 0. The van der Waals surface area contributed by atoms with E-state index >= 15 is 0 Å². The molecule has 1 saturated heterocycles. The van der Waals surface area contributed by atoms with E-state index in [-0.39, 0.29) is 23.7 Å². The van der Waals surface area contributed by atoms with Gasteiger partial charge in [0.25, 0.3) is 0 Å². The highest BCUT2D eigenvalue weighted by Crippen LogP contribution is 2.24. The molecule has 1 heterocycles. The third kappa shape index (κ3) is 4.12. The van der Waals surface area contributed by atoms with Crippen molar-refractivity contribution in [3.05, 3.63) is 29.8 Å². The zero-order valence-electron chi connectivity index (χ0n) is 12.1. The van der Waals surface area contributed by atoms with Crippen LogP contribution in [0.2, 0.25) is 0 Å². The van der Waals surface area contributed by atoms with Gasteiger partial charge >= 0.3 is 0 Å². The van der Waals surface area contributed by atoms with Crippen molar-refractivity contribution < 1.29 is 9.53 Å². The van der Waals surface area contributed by atoms with Crippen LogP contribution in [0.25, 0.3) is 0 Å². The van der Waals surface area contributed by atoms with E-state index in [1.807, 2.05) is 38.1 Å². The second-order valence-corrected chi connectivity index (χ2v) is 5.25. The van der Waals surface area contributed by atoms with Crippen LogP contribution in [0.15, 0.2) is 24.3 Å². The van der Waals surface area contributed by atoms with Gasteiger partial charge in [-0.25, -0.2) is 0 Å². The van der Waals surface area contributed by atoms with Crippen LogP contribution in [0.5, 0.6) is 5.75 Å². The van der Waals surface area contributed by atoms with E-state index in [4.69, 9.17) is 4.74 Å². The molecule has 0 aromatic heterocycles. The molecule has 1 amide bonds. The summed E-state index contributed by atoms with van der Waals surface area (Å²) in [6.07, 6.45) is 0.901. The van der Waals surface area contributed by atoms with E-state index in [9.17, 15) is 4.79 Å². The number of carbonyl (C=O) groups is 1. The molecule has 0 radical (unpaired) electrons. The van der Waals surface area contributed by atoms with E-state index in [0.717, 1.165) is 30.8 Å². The summed E-state index contributed by atoms with van der Waals surface area (Å²) < 4.78 is 5.45. The average Bonchev–Trinajstić information content (AvgIpc) is 2.85. The largest absolute Gasteiger partial charge is 0.494 e. The molecule has 1 fully saturated rings. The van der Waals surface area contributed by atoms with Crippen LogP contribution in [0.3, 0.4) is 0 Å². The first kappa shape index (κ1) is 16.8. The molecule has 0 saturated carbocycles. The minimum absolute atomic E-state index is 0. The molecule has 2 rings (SSSR count). The SMILES string of the molecule is CCOc1cccc(CNC(=O)C2(C)CCNC2)c1.Cl. The Labute approximate surface area is 126 Å². The maximum Gasteiger partial charge on any atom is 0.227 e. The molecule has 5 heteroatoms. The van der Waals surface area contributed by atoms with Crippen molar-refractivity contribution in [2.45, 2.75) is 26.8 Å². The maximum atomic E-state index is 12.2. The fourth-order valence-corrected chi connectivity index (χ4v) is 2.32. The van der Waals surface area contributed by atoms with Crippen LogP contribution in [0, 0.1) is 5.41 Å². The highest BCUT2D eigenvalue weighted by molar-refractivity contribution is 5.85. The van der Waals surface area contributed by atoms with Gasteiger partial charge in [0.1, 0.15) is 5.75 Å². The number of carbonyl (C=O) groups excluding carboxylic acids is 1. The van der Waals surface area contributed by atoms with Gasteiger partial charge in [-0.05, 0) is 44.5 Å². The minimum Gasteiger partial charge on any atom is -0.494 e. The van der Waals surface area contributed by atoms with Crippen LogP contribution >= 0.6 is 12.4 Å². The van der Waals surface area contributed by atoms with Crippen molar-refractivity contribution in [3.8, 4) is 5.75 Å². The number of nitrogens with one attached hydrogen (secondary N) is 2. The summed E-state index contributed by atoms with van der Waals surface area (Å²) in [6.45, 7) is 6.86. The molecule has 2 N–H and O–H groups in total. The summed E-state index contributed by atoms with van der Waals surface area (Å²) in [5, 5.41) is 6.25. The Kier molecular flexibility index (Phi) is 6.30. The number of amides is 1. The molecular weight excluding hydrogens is 276 g/mol. The van der Waals surface area contributed by atoms with Gasteiger partial charge < -0.3 is 15.4 Å². The van der Waals surface area contributed by atoms with E-state index in [0.29, 0.717) is 13.2 Å². The maximum absolute atomic E-state index is 12.2. The first-order valence-corrected chi connectivity index (χ1v) is 6.85. The zero-order chi connectivity index (χ0) is 13.7. The fourth-order valence-electron chi connectivity index (χ4n) is 2.32. The minimum atomic E-state index is -0.266. The van der Waals surface area contributed by atoms with Crippen molar-refractivity contribution in [1.29, 1.82) is 0 Å². The van der Waals surface area contributed by atoms with Gasteiger partial charge in [0.15, 0.2) is 0 Å². The van der Waals surface area contributed by atoms with Crippen LogP contribution in [-0.4, -0.2) is 25.6 Å². The predicted molar refractivity (Wildman–Crippen MR) is 82.3 cm³/mol. The second kappa shape index (κ2) is 7.50. The van der Waals surface area contributed by atoms with Gasteiger partial charge in [-0.3, -0.25) is 4.79 Å². The second-order valence-electron chi connectivity index (χ2n) is 5.25. The molecule has 1 aliphatic rings. The summed E-state index contributed by atoms with van der Waals surface area (Å²) in [6, 6.07) is 7.85. The number of hydrogen-bond acceptors (Lipinski definition) is 3. The molecule has 1 aliphatic heterocycles. The van der Waals surface area contributed by atoms with Crippen LogP contribution in [0.4, 0.5) is 0 Å². The van der Waals surface area contributed by atoms with E-state index in [1.165, 1.54) is 0 Å². The Morgan fingerprint density at radius 3 is 2.95 bits per heavy atom. The summed E-state index contributed by atoms with van der Waals surface area (Å²) in [5.41, 5.74) is 0.797. The molecule has 4 nitrogen and oxygen atoms in total. The Balaban J connectivity index is 0.00000200. The summed E-state index contributed by atoms with van der Waals surface area (Å²) in [4.78, 5) is 12.2. The molecule has 0 aliphatic carbocycles. The van der Waals surface area contributed by atoms with Crippen molar-refractivity contribution in [2.75, 3.05) is 19.7 Å². The van der Waals surface area contributed by atoms with E-state index < -0.39 is 0 Å². The van der Waals surface area contributed by atoms with Crippen LogP contribution < -0.4 is 15.4 Å². The summed E-state index contributed by atoms with van der Waals surface area (Å²) in [5.74, 6) is 0.974. The molecule has 1 aromatic rings. The zero-order valence-corrected chi connectivity index (χ0v) is 12.9. The first-order valence-electron chi connectivity index (χ1n) is 6.85. The number of rotatable bonds is 5. The standard InChI is InChI=1S/C15H22N2O2.ClH/c1-3-19-13-6-4-5-12(9-13)10-17-14(18)15(2)7-8-16-11-15;/h4-6,9,16H,3,7-8,10-11H2,1-2H3,(H,17,18);1H. The van der Waals surface area contributed by atoms with E-state index in [2.05, 4.69) is 10.6 Å². The van der Waals surface area contributed by atoms with Gasteiger partial charge in [-0.2, -0.15) is 0 Å². The molecule has 0 spiro atoms. The monoisotopic (exact) mass is 298 g/mol. The molecule has 1 aromatic carbocycles. The van der Waals surface area contributed by atoms with Gasteiger partial charge in [0.05, 0.1) is 12.0 Å². The van der Waals surface area contributed by atoms with Crippen molar-refractivity contribution in [3.63, 3.8) is 0 Å². The third-order valence-corrected chi connectivity index (χ3v) is 3.58. The first-order chi connectivity index (χ1) is 9.14. The van der Waals surface area contributed by atoms with Crippen molar-refractivity contribution in [1.82, 2.24) is 10.6 Å². The molecular formula is C15H23ClN2O2. The van der Waals surface area contributed by atoms with Crippen molar-refractivity contribution in [2.24, 2.45) is 5.41 Å². The highest BCUT2D eigenvalue weighted by Gasteiger charge is 2.35. The number of ether oxygens (including phenoxy) is 1. The molecule has 1 unspecified atom stereocenters. The van der Waals surface area contributed by atoms with E-state index in [1.54, 1.807) is 0 Å². The number of hydrogen-bond donors (Lipinski definition) is 2. The fraction of sp³-hybridized carbons (Fsp3) is 0.533. The molecule has 20 heavy (non-hydrogen) atoms. The third-order valence-electron chi connectivity index (χ3n) is 3.58. The lowest BCUT2D eigenvalue weighted by Crippen LogP contribution is -2.40. The number of halogens is 1. The molecule has 112 valence electrons. The van der Waals surface area contributed by atoms with Crippen LogP contribution in [-0.2, 0) is 11.3 Å². The normalized spacial score (nSPS) is 21.1. The van der Waals surface area contributed by atoms with Gasteiger partial charge in [0, 0.05) is 13.1 Å². The van der Waals surface area contributed by atoms with Gasteiger partial charge in [-0.1, -0.05) is 12.1 Å². The average molecular weight is 299 g/mol.